The van der Waals surface area contributed by atoms with Crippen LogP contribution in [0.25, 0.3) is 43.1 Å². The number of carbonyl (C=O) groups is 4. The van der Waals surface area contributed by atoms with Gasteiger partial charge < -0.3 is 0 Å². The van der Waals surface area contributed by atoms with Crippen LogP contribution in [0.4, 0.5) is 0 Å². The highest BCUT2D eigenvalue weighted by Crippen LogP contribution is 2.46. The molecule has 0 fully saturated rings. The second kappa shape index (κ2) is 6.63. The lowest BCUT2D eigenvalue weighted by atomic mass is 9.82. The Morgan fingerprint density at radius 2 is 0.914 bits per heavy atom. The summed E-state index contributed by atoms with van der Waals surface area (Å²) in [5.74, 6) is -1.14. The minimum Gasteiger partial charge on any atom is -0.277 e. The number of unbranched alkanes of at least 4 members (excludes halogenated alkanes) is 1. The molecule has 4 amide bonds. The minimum atomic E-state index is -0.314. The number of fused-ring (bicyclic) bond motifs is 2. The molecule has 0 aliphatic carbocycles. The predicted octanol–water partition coefficient (Wildman–Crippen LogP) is 5.36. The van der Waals surface area contributed by atoms with Crippen LogP contribution in [-0.2, 0) is 0 Å². The Hall–Kier alpha value is -4.32. The molecular weight excluding hydrogens is 440 g/mol. The van der Waals surface area contributed by atoms with E-state index in [-0.39, 0.29) is 23.6 Å². The maximum Gasteiger partial charge on any atom is 0.261 e. The van der Waals surface area contributed by atoms with E-state index in [1.54, 1.807) is 12.1 Å². The van der Waals surface area contributed by atoms with Crippen LogP contribution in [-0.4, -0.2) is 47.0 Å². The fourth-order valence-corrected chi connectivity index (χ4v) is 5.96. The number of hydrogen-bond acceptors (Lipinski definition) is 4. The van der Waals surface area contributed by atoms with E-state index >= 15 is 0 Å². The van der Waals surface area contributed by atoms with Gasteiger partial charge in [-0.25, -0.2) is 0 Å². The van der Waals surface area contributed by atoms with Gasteiger partial charge in [-0.15, -0.1) is 0 Å². The van der Waals surface area contributed by atoms with Gasteiger partial charge >= 0.3 is 0 Å². The first-order valence-corrected chi connectivity index (χ1v) is 11.8. The SMILES string of the molecule is CCCCN1C(=O)c2ccc3c4ccc5c6c(ccc(c7ccc(c2c37)C1=O)c64)C(=O)N(C)C5=O. The van der Waals surface area contributed by atoms with Gasteiger partial charge in [0.25, 0.3) is 23.6 Å². The second-order valence-electron chi connectivity index (χ2n) is 9.43. The number of rotatable bonds is 3. The fourth-order valence-electron chi connectivity index (χ4n) is 5.96. The van der Waals surface area contributed by atoms with Crippen molar-refractivity contribution in [3.8, 4) is 0 Å². The maximum atomic E-state index is 13.3. The first kappa shape index (κ1) is 20.1. The number of amides is 4. The molecule has 6 nitrogen and oxygen atoms in total. The van der Waals surface area contributed by atoms with Crippen molar-refractivity contribution in [2.24, 2.45) is 0 Å². The van der Waals surface area contributed by atoms with Crippen molar-refractivity contribution in [2.75, 3.05) is 13.6 Å². The van der Waals surface area contributed by atoms with Crippen LogP contribution in [0, 0.1) is 0 Å². The maximum absolute atomic E-state index is 13.3. The molecule has 0 spiro atoms. The molecule has 7 rings (SSSR count). The molecule has 0 radical (unpaired) electrons. The first-order chi connectivity index (χ1) is 16.9. The molecule has 0 bridgehead atoms. The van der Waals surface area contributed by atoms with E-state index in [0.717, 1.165) is 50.1 Å². The summed E-state index contributed by atoms with van der Waals surface area (Å²) in [6, 6.07) is 14.9. The topological polar surface area (TPSA) is 74.8 Å². The van der Waals surface area contributed by atoms with Gasteiger partial charge in [-0.05, 0) is 63.0 Å². The van der Waals surface area contributed by atoms with Gasteiger partial charge in [-0.1, -0.05) is 37.6 Å². The molecule has 5 aromatic carbocycles. The lowest BCUT2D eigenvalue weighted by molar-refractivity contribution is 0.0603. The van der Waals surface area contributed by atoms with Crippen molar-refractivity contribution in [3.05, 3.63) is 70.8 Å². The van der Waals surface area contributed by atoms with Gasteiger partial charge in [0.05, 0.1) is 0 Å². The minimum absolute atomic E-state index is 0.255. The van der Waals surface area contributed by atoms with Gasteiger partial charge in [0.2, 0.25) is 0 Å². The lowest BCUT2D eigenvalue weighted by Crippen LogP contribution is -2.40. The average Bonchev–Trinajstić information content (AvgIpc) is 2.88. The third-order valence-corrected chi connectivity index (χ3v) is 7.66. The van der Waals surface area contributed by atoms with E-state index in [1.807, 2.05) is 43.3 Å². The van der Waals surface area contributed by atoms with Crippen LogP contribution in [0.1, 0.15) is 61.2 Å². The quantitative estimate of drug-likeness (QED) is 0.206. The first-order valence-electron chi connectivity index (χ1n) is 11.8. The third-order valence-electron chi connectivity index (χ3n) is 7.66. The van der Waals surface area contributed by atoms with E-state index in [1.165, 1.54) is 11.9 Å². The molecule has 2 aliphatic heterocycles. The summed E-state index contributed by atoms with van der Waals surface area (Å²) in [5.41, 5.74) is 2.09. The molecule has 6 heteroatoms. The second-order valence-corrected chi connectivity index (χ2v) is 9.43. The Bertz CT molecular complexity index is 1710. The normalized spacial score (nSPS) is 15.6. The van der Waals surface area contributed by atoms with E-state index in [0.29, 0.717) is 39.6 Å². The van der Waals surface area contributed by atoms with Gasteiger partial charge in [0.1, 0.15) is 0 Å². The van der Waals surface area contributed by atoms with Crippen LogP contribution in [0.3, 0.4) is 0 Å². The third kappa shape index (κ3) is 2.29. The zero-order valence-electron chi connectivity index (χ0n) is 19.3. The summed E-state index contributed by atoms with van der Waals surface area (Å²) in [6.45, 7) is 2.44. The molecule has 170 valence electrons. The molecular formula is C29H20N2O4. The summed E-state index contributed by atoms with van der Waals surface area (Å²) in [5, 5.41) is 6.70. The molecule has 0 saturated heterocycles. The number of nitrogens with zero attached hydrogens (tertiary/aromatic N) is 2. The molecule has 0 saturated carbocycles. The molecule has 0 N–H and O–H groups in total. The summed E-state index contributed by atoms with van der Waals surface area (Å²) in [7, 11) is 1.50. The zero-order valence-corrected chi connectivity index (χ0v) is 19.3. The zero-order chi connectivity index (χ0) is 24.2. The predicted molar refractivity (Wildman–Crippen MR) is 134 cm³/mol. The lowest BCUT2D eigenvalue weighted by Gasteiger charge is -2.29. The summed E-state index contributed by atoms with van der Waals surface area (Å²) >= 11 is 0. The summed E-state index contributed by atoms with van der Waals surface area (Å²) in [6.07, 6.45) is 1.65. The van der Waals surface area contributed by atoms with E-state index in [2.05, 4.69) is 0 Å². The van der Waals surface area contributed by atoms with Crippen LogP contribution < -0.4 is 0 Å². The fraction of sp³-hybridized carbons (Fsp3) is 0.172. The highest BCUT2D eigenvalue weighted by atomic mass is 16.2. The number of hydrogen-bond donors (Lipinski definition) is 0. The molecule has 35 heavy (non-hydrogen) atoms. The van der Waals surface area contributed by atoms with Crippen molar-refractivity contribution < 1.29 is 19.2 Å². The van der Waals surface area contributed by atoms with Crippen molar-refractivity contribution in [3.63, 3.8) is 0 Å². The van der Waals surface area contributed by atoms with Gasteiger partial charge in [-0.2, -0.15) is 0 Å². The molecule has 2 heterocycles. The highest BCUT2D eigenvalue weighted by molar-refractivity contribution is 6.41. The van der Waals surface area contributed by atoms with Crippen LogP contribution >= 0.6 is 0 Å². The van der Waals surface area contributed by atoms with Crippen LogP contribution in [0.5, 0.6) is 0 Å². The molecule has 2 aliphatic rings. The molecule has 0 aromatic heterocycles. The van der Waals surface area contributed by atoms with E-state index < -0.39 is 0 Å². The number of carbonyl (C=O) groups excluding carboxylic acids is 4. The Labute approximate surface area is 200 Å². The summed E-state index contributed by atoms with van der Waals surface area (Å²) < 4.78 is 0. The Morgan fingerprint density at radius 1 is 0.543 bits per heavy atom. The van der Waals surface area contributed by atoms with Gasteiger partial charge in [-0.3, -0.25) is 29.0 Å². The molecule has 5 aromatic rings. The van der Waals surface area contributed by atoms with Crippen LogP contribution in [0.2, 0.25) is 0 Å². The summed E-state index contributed by atoms with van der Waals surface area (Å²) in [4.78, 5) is 55.0. The Balaban J connectivity index is 1.64. The Kier molecular flexibility index (Phi) is 3.81. The number of benzene rings is 5. The van der Waals surface area contributed by atoms with Crippen molar-refractivity contribution in [1.82, 2.24) is 9.80 Å². The number of imide groups is 2. The molecule has 0 unspecified atom stereocenters. The van der Waals surface area contributed by atoms with Crippen LogP contribution in [0.15, 0.2) is 48.5 Å². The van der Waals surface area contributed by atoms with Gasteiger partial charge in [0, 0.05) is 46.6 Å². The standard InChI is InChI=1S/C29H20N2O4/c1-3-4-13-31-28(34)20-11-7-16-14-5-9-18-24-19(27(33)30(2)26(18)32)10-6-15(22(14)24)17-8-12-21(29(31)35)25(20)23(16)17/h5-12H,3-4,13H2,1-2H3. The highest BCUT2D eigenvalue weighted by Gasteiger charge is 2.35. The molecule has 0 atom stereocenters. The van der Waals surface area contributed by atoms with E-state index in [4.69, 9.17) is 0 Å². The largest absolute Gasteiger partial charge is 0.277 e. The Morgan fingerprint density at radius 3 is 1.29 bits per heavy atom. The smallest absolute Gasteiger partial charge is 0.261 e. The van der Waals surface area contributed by atoms with Crippen molar-refractivity contribution >= 4 is 66.7 Å². The van der Waals surface area contributed by atoms with Crippen molar-refractivity contribution in [1.29, 1.82) is 0 Å². The van der Waals surface area contributed by atoms with E-state index in [9.17, 15) is 19.2 Å². The monoisotopic (exact) mass is 460 g/mol. The van der Waals surface area contributed by atoms with Crippen molar-refractivity contribution in [2.45, 2.75) is 19.8 Å². The van der Waals surface area contributed by atoms with Gasteiger partial charge in [0.15, 0.2) is 0 Å². The average molecular weight is 460 g/mol.